The average molecular weight is 271 g/mol. The van der Waals surface area contributed by atoms with Gasteiger partial charge in [-0.2, -0.15) is 13.2 Å². The largest absolute Gasteiger partial charge is 0.411 e. The number of rotatable bonds is 6. The van der Waals surface area contributed by atoms with Gasteiger partial charge in [0.25, 0.3) is 0 Å². The van der Waals surface area contributed by atoms with Gasteiger partial charge in [0.05, 0.1) is 13.2 Å². The van der Waals surface area contributed by atoms with E-state index in [1.165, 1.54) is 0 Å². The highest BCUT2D eigenvalue weighted by Gasteiger charge is 2.32. The van der Waals surface area contributed by atoms with Crippen LogP contribution in [0.3, 0.4) is 0 Å². The third-order valence-electron chi connectivity index (χ3n) is 2.44. The first-order valence-electron chi connectivity index (χ1n) is 5.52. The summed E-state index contributed by atoms with van der Waals surface area (Å²) in [5.41, 5.74) is -1.07. The molecule has 1 aliphatic heterocycles. The van der Waals surface area contributed by atoms with Crippen LogP contribution in [0.4, 0.5) is 13.2 Å². The number of nitrogens with one attached hydrogen (secondary N) is 1. The maximum absolute atomic E-state index is 11.7. The Morgan fingerprint density at radius 1 is 1.50 bits per heavy atom. The van der Waals surface area contributed by atoms with Gasteiger partial charge in [-0.25, -0.2) is 0 Å². The van der Waals surface area contributed by atoms with Crippen LogP contribution in [0.25, 0.3) is 0 Å². The Kier molecular flexibility index (Phi) is 5.36. The molecule has 0 saturated carbocycles. The van der Waals surface area contributed by atoms with Gasteiger partial charge in [-0.1, -0.05) is 0 Å². The number of hydrogen-bond acceptors (Lipinski definition) is 4. The maximum atomic E-state index is 11.7. The number of alkyl halides is 3. The topological polar surface area (TPSA) is 67.8 Å². The molecule has 2 N–H and O–H groups in total. The Hall–Kier alpha value is -0.860. The van der Waals surface area contributed by atoms with Crippen LogP contribution in [-0.4, -0.2) is 55.8 Å². The molecule has 1 unspecified atom stereocenters. The lowest BCUT2D eigenvalue weighted by Crippen LogP contribution is -2.43. The molecule has 1 aliphatic rings. The van der Waals surface area contributed by atoms with Gasteiger partial charge in [0, 0.05) is 26.0 Å². The third kappa shape index (κ3) is 6.18. The second-order valence-corrected chi connectivity index (χ2v) is 4.22. The Morgan fingerprint density at radius 3 is 2.78 bits per heavy atom. The first-order valence-corrected chi connectivity index (χ1v) is 5.52. The number of aliphatic hydroxyl groups is 1. The molecule has 0 aliphatic carbocycles. The highest BCUT2D eigenvalue weighted by molar-refractivity contribution is 5.76. The molecule has 0 bridgehead atoms. The van der Waals surface area contributed by atoms with E-state index >= 15 is 0 Å². The Balaban J connectivity index is 2.07. The number of amides is 1. The summed E-state index contributed by atoms with van der Waals surface area (Å²) in [6.07, 6.45) is -4.13. The van der Waals surface area contributed by atoms with E-state index < -0.39 is 24.3 Å². The van der Waals surface area contributed by atoms with Gasteiger partial charge >= 0.3 is 6.18 Å². The van der Waals surface area contributed by atoms with Gasteiger partial charge in [0.15, 0.2) is 0 Å². The molecule has 0 aromatic heterocycles. The molecule has 1 atom stereocenters. The van der Waals surface area contributed by atoms with Crippen molar-refractivity contribution in [2.75, 3.05) is 33.0 Å². The summed E-state index contributed by atoms with van der Waals surface area (Å²) < 4.78 is 44.4. The van der Waals surface area contributed by atoms with E-state index in [4.69, 9.17) is 4.74 Å². The molecule has 106 valence electrons. The monoisotopic (exact) mass is 271 g/mol. The predicted molar refractivity (Wildman–Crippen MR) is 54.9 cm³/mol. The number of hydrogen-bond donors (Lipinski definition) is 2. The fraction of sp³-hybridized carbons (Fsp3) is 0.900. The summed E-state index contributed by atoms with van der Waals surface area (Å²) in [6, 6.07) is 0. The van der Waals surface area contributed by atoms with Gasteiger partial charge in [-0.05, 0) is 0 Å². The van der Waals surface area contributed by atoms with Crippen molar-refractivity contribution < 1.29 is 32.5 Å². The van der Waals surface area contributed by atoms with E-state index in [1.54, 1.807) is 0 Å². The molecular formula is C10H16F3NO4. The summed E-state index contributed by atoms with van der Waals surface area (Å²) in [5.74, 6) is -0.461. The standard InChI is InChI=1S/C10H16F3NO4/c11-10(12,13)7-17-3-1-8(15)14-5-9(16)2-4-18-6-9/h16H,1-7H2,(H,14,15). The lowest BCUT2D eigenvalue weighted by Gasteiger charge is -2.20. The minimum absolute atomic E-state index is 0.0328. The van der Waals surface area contributed by atoms with Gasteiger partial charge < -0.3 is 19.9 Å². The predicted octanol–water partition coefficient (Wildman–Crippen LogP) is 0.223. The van der Waals surface area contributed by atoms with E-state index in [9.17, 15) is 23.1 Å². The zero-order chi connectivity index (χ0) is 13.6. The zero-order valence-corrected chi connectivity index (χ0v) is 9.76. The van der Waals surface area contributed by atoms with Crippen LogP contribution < -0.4 is 5.32 Å². The molecule has 18 heavy (non-hydrogen) atoms. The highest BCUT2D eigenvalue weighted by Crippen LogP contribution is 2.17. The van der Waals surface area contributed by atoms with Crippen LogP contribution >= 0.6 is 0 Å². The molecule has 1 rings (SSSR count). The first-order chi connectivity index (χ1) is 8.31. The summed E-state index contributed by atoms with van der Waals surface area (Å²) in [5, 5.41) is 12.2. The smallest absolute Gasteiger partial charge is 0.386 e. The molecule has 8 heteroatoms. The third-order valence-corrected chi connectivity index (χ3v) is 2.44. The molecule has 0 aromatic carbocycles. The molecular weight excluding hydrogens is 255 g/mol. The van der Waals surface area contributed by atoms with Crippen LogP contribution in [0.1, 0.15) is 12.8 Å². The van der Waals surface area contributed by atoms with Crippen molar-refractivity contribution in [3.8, 4) is 0 Å². The van der Waals surface area contributed by atoms with Gasteiger partial charge in [0.1, 0.15) is 12.2 Å². The summed E-state index contributed by atoms with van der Waals surface area (Å²) in [7, 11) is 0. The van der Waals surface area contributed by atoms with Crippen molar-refractivity contribution >= 4 is 5.91 Å². The molecule has 5 nitrogen and oxygen atoms in total. The van der Waals surface area contributed by atoms with E-state index in [-0.39, 0.29) is 26.2 Å². The average Bonchev–Trinajstić information content (AvgIpc) is 2.68. The lowest BCUT2D eigenvalue weighted by molar-refractivity contribution is -0.174. The van der Waals surface area contributed by atoms with E-state index in [0.717, 1.165) is 0 Å². The number of ether oxygens (including phenoxy) is 2. The highest BCUT2D eigenvalue weighted by atomic mass is 19.4. The minimum atomic E-state index is -4.38. The SMILES string of the molecule is O=C(CCOCC(F)(F)F)NCC1(O)CCOC1. The van der Waals surface area contributed by atoms with Gasteiger partial charge in [-0.15, -0.1) is 0 Å². The molecule has 0 radical (unpaired) electrons. The fourth-order valence-corrected chi connectivity index (χ4v) is 1.44. The normalized spacial score (nSPS) is 24.2. The van der Waals surface area contributed by atoms with Crippen LogP contribution in [0.2, 0.25) is 0 Å². The second-order valence-electron chi connectivity index (χ2n) is 4.22. The molecule has 0 aromatic rings. The van der Waals surface area contributed by atoms with Crippen molar-refractivity contribution in [1.82, 2.24) is 5.32 Å². The van der Waals surface area contributed by atoms with Crippen molar-refractivity contribution in [3.63, 3.8) is 0 Å². The van der Waals surface area contributed by atoms with Crippen LogP contribution in [0.5, 0.6) is 0 Å². The number of carbonyl (C=O) groups is 1. The van der Waals surface area contributed by atoms with Crippen LogP contribution in [-0.2, 0) is 14.3 Å². The van der Waals surface area contributed by atoms with E-state index in [1.807, 2.05) is 0 Å². The quantitative estimate of drug-likeness (QED) is 0.678. The van der Waals surface area contributed by atoms with Crippen LogP contribution in [0.15, 0.2) is 0 Å². The lowest BCUT2D eigenvalue weighted by atomic mass is 10.0. The van der Waals surface area contributed by atoms with E-state index in [2.05, 4.69) is 10.1 Å². The maximum Gasteiger partial charge on any atom is 0.411 e. The minimum Gasteiger partial charge on any atom is -0.386 e. The van der Waals surface area contributed by atoms with Crippen molar-refractivity contribution in [3.05, 3.63) is 0 Å². The van der Waals surface area contributed by atoms with Gasteiger partial charge in [0.2, 0.25) is 5.91 Å². The van der Waals surface area contributed by atoms with Gasteiger partial charge in [-0.3, -0.25) is 4.79 Å². The van der Waals surface area contributed by atoms with Crippen molar-refractivity contribution in [2.24, 2.45) is 0 Å². The summed E-state index contributed by atoms with van der Waals surface area (Å²) in [4.78, 5) is 11.2. The molecule has 1 fully saturated rings. The van der Waals surface area contributed by atoms with Crippen LogP contribution in [0, 0.1) is 0 Å². The summed E-state index contributed by atoms with van der Waals surface area (Å²) in [6.45, 7) is -1.05. The second kappa shape index (κ2) is 6.35. The fourth-order valence-electron chi connectivity index (χ4n) is 1.44. The molecule has 1 heterocycles. The van der Waals surface area contributed by atoms with Crippen molar-refractivity contribution in [1.29, 1.82) is 0 Å². The Labute approximate surface area is 102 Å². The Bertz CT molecular complexity index is 277. The van der Waals surface area contributed by atoms with E-state index in [0.29, 0.717) is 13.0 Å². The molecule has 0 spiro atoms. The molecule has 1 saturated heterocycles. The molecule has 1 amide bonds. The van der Waals surface area contributed by atoms with Crippen molar-refractivity contribution in [2.45, 2.75) is 24.6 Å². The summed E-state index contributed by atoms with van der Waals surface area (Å²) >= 11 is 0. The zero-order valence-electron chi connectivity index (χ0n) is 9.76. The number of carbonyl (C=O) groups excluding carboxylic acids is 1. The Morgan fingerprint density at radius 2 is 2.22 bits per heavy atom. The number of halogens is 3. The first kappa shape index (κ1) is 15.2.